The second kappa shape index (κ2) is 7.40. The van der Waals surface area contributed by atoms with E-state index in [9.17, 15) is 8.42 Å². The van der Waals surface area contributed by atoms with E-state index in [4.69, 9.17) is 5.73 Å². The first-order valence-electron chi connectivity index (χ1n) is 4.74. The molecule has 0 aromatic carbocycles. The summed E-state index contributed by atoms with van der Waals surface area (Å²) in [5, 5.41) is 0. The van der Waals surface area contributed by atoms with Crippen molar-refractivity contribution in [1.82, 2.24) is 9.03 Å². The predicted molar refractivity (Wildman–Crippen MR) is 65.3 cm³/mol. The number of nitrogens with two attached hydrogens (primary N) is 1. The first-order chi connectivity index (χ1) is 6.31. The second-order valence-corrected chi connectivity index (χ2v) is 5.62. The van der Waals surface area contributed by atoms with Crippen LogP contribution in [0, 0.1) is 5.92 Å². The Morgan fingerprint density at radius 2 is 1.80 bits per heavy atom. The van der Waals surface area contributed by atoms with Crippen molar-refractivity contribution >= 4 is 22.6 Å². The summed E-state index contributed by atoms with van der Waals surface area (Å²) in [6.45, 7) is 6.42. The summed E-state index contributed by atoms with van der Waals surface area (Å²) in [6.07, 6.45) is 0. The fourth-order valence-corrected chi connectivity index (χ4v) is 1.96. The van der Waals surface area contributed by atoms with Crippen LogP contribution in [0.2, 0.25) is 0 Å². The van der Waals surface area contributed by atoms with E-state index in [1.54, 1.807) is 7.05 Å². The van der Waals surface area contributed by atoms with Gasteiger partial charge in [-0.1, -0.05) is 6.92 Å². The third kappa shape index (κ3) is 6.32. The van der Waals surface area contributed by atoms with Crippen molar-refractivity contribution in [3.8, 4) is 0 Å². The zero-order valence-corrected chi connectivity index (χ0v) is 11.4. The van der Waals surface area contributed by atoms with Gasteiger partial charge in [0.2, 0.25) is 0 Å². The molecule has 0 saturated carbocycles. The van der Waals surface area contributed by atoms with Crippen molar-refractivity contribution in [1.29, 1.82) is 0 Å². The molecule has 0 heterocycles. The van der Waals surface area contributed by atoms with Crippen LogP contribution in [-0.4, -0.2) is 38.9 Å². The van der Waals surface area contributed by atoms with Gasteiger partial charge in [0.25, 0.3) is 10.2 Å². The number of rotatable bonds is 6. The summed E-state index contributed by atoms with van der Waals surface area (Å²) in [7, 11) is -1.78. The third-order valence-corrected chi connectivity index (χ3v) is 3.83. The zero-order chi connectivity index (χ0) is 11.4. The van der Waals surface area contributed by atoms with Crippen LogP contribution in [0.4, 0.5) is 0 Å². The molecule has 0 aliphatic rings. The molecule has 0 fully saturated rings. The Balaban J connectivity index is 0. The van der Waals surface area contributed by atoms with E-state index in [-0.39, 0.29) is 24.4 Å². The van der Waals surface area contributed by atoms with E-state index in [1.807, 2.05) is 20.8 Å². The highest BCUT2D eigenvalue weighted by Gasteiger charge is 2.20. The Kier molecular flexibility index (Phi) is 8.64. The standard InChI is InChI=1S/C8H21N3O2S.ClH/c1-7(2)11(4)14(12,13)10-6-8(3)5-9;/h7-8,10H,5-6,9H2,1-4H3;1H. The van der Waals surface area contributed by atoms with Gasteiger partial charge in [-0.2, -0.15) is 12.7 Å². The Hall–Kier alpha value is 0.120. The molecule has 0 amide bonds. The van der Waals surface area contributed by atoms with Gasteiger partial charge in [0.15, 0.2) is 0 Å². The molecule has 0 rings (SSSR count). The van der Waals surface area contributed by atoms with Crippen LogP contribution in [0.1, 0.15) is 20.8 Å². The molecular weight excluding hydrogens is 238 g/mol. The summed E-state index contributed by atoms with van der Waals surface area (Å²) in [6, 6.07) is -0.0410. The van der Waals surface area contributed by atoms with Crippen LogP contribution in [0.3, 0.4) is 0 Å². The van der Waals surface area contributed by atoms with Crippen molar-refractivity contribution in [2.75, 3.05) is 20.1 Å². The first-order valence-corrected chi connectivity index (χ1v) is 6.18. The van der Waals surface area contributed by atoms with Gasteiger partial charge in [-0.15, -0.1) is 12.4 Å². The highest BCUT2D eigenvalue weighted by molar-refractivity contribution is 7.87. The quantitative estimate of drug-likeness (QED) is 0.715. The minimum Gasteiger partial charge on any atom is -0.330 e. The maximum atomic E-state index is 11.6. The van der Waals surface area contributed by atoms with Crippen LogP contribution in [0.15, 0.2) is 0 Å². The molecule has 0 aliphatic carbocycles. The molecule has 0 bridgehead atoms. The average Bonchev–Trinajstić information content (AvgIpc) is 2.12. The highest BCUT2D eigenvalue weighted by atomic mass is 35.5. The van der Waals surface area contributed by atoms with E-state index in [0.29, 0.717) is 13.1 Å². The summed E-state index contributed by atoms with van der Waals surface area (Å²) < 4.78 is 26.9. The molecule has 0 radical (unpaired) electrons. The fraction of sp³-hybridized carbons (Fsp3) is 1.00. The van der Waals surface area contributed by atoms with Gasteiger partial charge in [-0.25, -0.2) is 4.72 Å². The molecule has 3 N–H and O–H groups in total. The molecule has 0 aliphatic heterocycles. The Labute approximate surface area is 99.0 Å². The first kappa shape index (κ1) is 17.5. The molecule has 5 nitrogen and oxygen atoms in total. The number of hydrogen-bond acceptors (Lipinski definition) is 3. The van der Waals surface area contributed by atoms with E-state index >= 15 is 0 Å². The van der Waals surface area contributed by atoms with Crippen LogP contribution in [0.5, 0.6) is 0 Å². The van der Waals surface area contributed by atoms with E-state index in [0.717, 1.165) is 0 Å². The largest absolute Gasteiger partial charge is 0.330 e. The maximum Gasteiger partial charge on any atom is 0.279 e. The van der Waals surface area contributed by atoms with Crippen molar-refractivity contribution < 1.29 is 8.42 Å². The molecule has 15 heavy (non-hydrogen) atoms. The Morgan fingerprint density at radius 3 is 2.13 bits per heavy atom. The summed E-state index contributed by atoms with van der Waals surface area (Å²) >= 11 is 0. The van der Waals surface area contributed by atoms with Crippen molar-refractivity contribution in [2.24, 2.45) is 11.7 Å². The summed E-state index contributed by atoms with van der Waals surface area (Å²) in [5.74, 6) is 0.158. The van der Waals surface area contributed by atoms with Crippen molar-refractivity contribution in [3.63, 3.8) is 0 Å². The van der Waals surface area contributed by atoms with Gasteiger partial charge < -0.3 is 5.73 Å². The lowest BCUT2D eigenvalue weighted by atomic mass is 10.2. The Bertz CT molecular complexity index is 257. The molecule has 94 valence electrons. The van der Waals surface area contributed by atoms with Gasteiger partial charge in [0, 0.05) is 19.6 Å². The lowest BCUT2D eigenvalue weighted by molar-refractivity contribution is 0.398. The maximum absolute atomic E-state index is 11.6. The van der Waals surface area contributed by atoms with E-state index in [2.05, 4.69) is 4.72 Å². The molecule has 1 atom stereocenters. The summed E-state index contributed by atoms with van der Waals surface area (Å²) in [4.78, 5) is 0. The fourth-order valence-electron chi connectivity index (χ4n) is 0.710. The number of halogens is 1. The van der Waals surface area contributed by atoms with Gasteiger partial charge in [-0.05, 0) is 26.3 Å². The molecule has 7 heteroatoms. The van der Waals surface area contributed by atoms with Gasteiger partial charge in [0.1, 0.15) is 0 Å². The van der Waals surface area contributed by atoms with Gasteiger partial charge in [-0.3, -0.25) is 0 Å². The predicted octanol–water partition coefficient (Wildman–Crippen LogP) is 0.178. The van der Waals surface area contributed by atoms with Crippen molar-refractivity contribution in [2.45, 2.75) is 26.8 Å². The number of hydrogen-bond donors (Lipinski definition) is 2. The monoisotopic (exact) mass is 259 g/mol. The molecule has 0 spiro atoms. The lowest BCUT2D eigenvalue weighted by Crippen LogP contribution is -2.43. The van der Waals surface area contributed by atoms with Crippen LogP contribution in [-0.2, 0) is 10.2 Å². The van der Waals surface area contributed by atoms with E-state index in [1.165, 1.54) is 4.31 Å². The second-order valence-electron chi connectivity index (χ2n) is 3.80. The zero-order valence-electron chi connectivity index (χ0n) is 9.73. The molecule has 0 aromatic rings. The highest BCUT2D eigenvalue weighted by Crippen LogP contribution is 2.01. The lowest BCUT2D eigenvalue weighted by Gasteiger charge is -2.22. The molecule has 1 unspecified atom stereocenters. The summed E-state index contributed by atoms with van der Waals surface area (Å²) in [5.41, 5.74) is 5.39. The molecular formula is C8H22ClN3O2S. The minimum absolute atomic E-state index is 0. The SMILES string of the molecule is CC(CN)CNS(=O)(=O)N(C)C(C)C.Cl. The smallest absolute Gasteiger partial charge is 0.279 e. The van der Waals surface area contributed by atoms with Crippen LogP contribution < -0.4 is 10.5 Å². The Morgan fingerprint density at radius 1 is 1.33 bits per heavy atom. The van der Waals surface area contributed by atoms with Gasteiger partial charge in [0.05, 0.1) is 0 Å². The van der Waals surface area contributed by atoms with E-state index < -0.39 is 10.2 Å². The minimum atomic E-state index is -3.34. The third-order valence-electron chi connectivity index (χ3n) is 2.12. The average molecular weight is 260 g/mol. The number of nitrogens with one attached hydrogen (secondary N) is 1. The van der Waals surface area contributed by atoms with Crippen LogP contribution in [0.25, 0.3) is 0 Å². The normalized spacial score (nSPS) is 14.1. The van der Waals surface area contributed by atoms with Crippen molar-refractivity contribution in [3.05, 3.63) is 0 Å². The topological polar surface area (TPSA) is 75.4 Å². The number of nitrogens with zero attached hydrogens (tertiary/aromatic N) is 1. The van der Waals surface area contributed by atoms with Crippen LogP contribution >= 0.6 is 12.4 Å². The molecule has 0 saturated heterocycles. The molecule has 0 aromatic heterocycles. The van der Waals surface area contributed by atoms with Gasteiger partial charge >= 0.3 is 0 Å².